The molecule has 0 saturated heterocycles. The van der Waals surface area contributed by atoms with Gasteiger partial charge in [-0.15, -0.1) is 0 Å². The molecule has 0 amide bonds. The van der Waals surface area contributed by atoms with Crippen molar-refractivity contribution in [1.82, 2.24) is 0 Å². The first-order valence-corrected chi connectivity index (χ1v) is 8.05. The van der Waals surface area contributed by atoms with E-state index in [0.29, 0.717) is 11.3 Å². The van der Waals surface area contributed by atoms with Gasteiger partial charge in [0.15, 0.2) is 5.78 Å². The topological polar surface area (TPSA) is 99.1 Å². The molecule has 0 aromatic heterocycles. The van der Waals surface area contributed by atoms with Crippen molar-refractivity contribution in [3.63, 3.8) is 0 Å². The molecule has 1 aromatic carbocycles. The van der Waals surface area contributed by atoms with Crippen LogP contribution < -0.4 is 4.74 Å². The fraction of sp³-hybridized carbons (Fsp3) is 0.500. The molecule has 0 saturated carbocycles. The molecular weight excluding hydrogens is 328 g/mol. The first kappa shape index (κ1) is 20.6. The van der Waals surface area contributed by atoms with Crippen molar-refractivity contribution >= 4 is 17.7 Å². The minimum atomic E-state index is -1.43. The molecule has 0 aliphatic heterocycles. The summed E-state index contributed by atoms with van der Waals surface area (Å²) in [5.41, 5.74) is -1.05. The number of hydrogen-bond donors (Lipinski definition) is 1. The monoisotopic (exact) mass is 352 g/mol. The van der Waals surface area contributed by atoms with Crippen molar-refractivity contribution in [2.24, 2.45) is 0 Å². The van der Waals surface area contributed by atoms with E-state index in [1.54, 1.807) is 31.2 Å². The zero-order valence-corrected chi connectivity index (χ0v) is 14.7. The van der Waals surface area contributed by atoms with E-state index in [4.69, 9.17) is 14.2 Å². The lowest BCUT2D eigenvalue weighted by Gasteiger charge is -2.15. The minimum absolute atomic E-state index is 0.00970. The van der Waals surface area contributed by atoms with Gasteiger partial charge in [0.25, 0.3) is 0 Å². The highest BCUT2D eigenvalue weighted by Crippen LogP contribution is 2.17. The molecule has 0 atom stereocenters. The lowest BCUT2D eigenvalue weighted by atomic mass is 9.97. The Morgan fingerprint density at radius 1 is 0.960 bits per heavy atom. The highest BCUT2D eigenvalue weighted by Gasteiger charge is 2.24. The Bertz CT molecular complexity index is 584. The highest BCUT2D eigenvalue weighted by atomic mass is 16.6. The number of carbonyl (C=O) groups excluding carboxylic acids is 3. The maximum absolute atomic E-state index is 11.9. The standard InChI is InChI=1S/C18H24O7/c1-4-23-15(19)9-10-16(20)25-12-11-24-14-7-5-13(6-8-14)17(21)18(2,3)22/h5-8,22H,4,9-12H2,1-3H3. The van der Waals surface area contributed by atoms with Crippen LogP contribution in [0.3, 0.4) is 0 Å². The fourth-order valence-electron chi connectivity index (χ4n) is 1.88. The van der Waals surface area contributed by atoms with Crippen LogP contribution in [0.5, 0.6) is 5.75 Å². The summed E-state index contributed by atoms with van der Waals surface area (Å²) in [5.74, 6) is -0.802. The Kier molecular flexibility index (Phi) is 8.07. The maximum Gasteiger partial charge on any atom is 0.306 e. The quantitative estimate of drug-likeness (QED) is 0.390. The molecule has 0 spiro atoms. The SMILES string of the molecule is CCOC(=O)CCC(=O)OCCOc1ccc(C(=O)C(C)(C)O)cc1. The third-order valence-electron chi connectivity index (χ3n) is 3.13. The highest BCUT2D eigenvalue weighted by molar-refractivity contribution is 6.01. The Hall–Kier alpha value is -2.41. The summed E-state index contributed by atoms with van der Waals surface area (Å²) >= 11 is 0. The van der Waals surface area contributed by atoms with Gasteiger partial charge in [-0.3, -0.25) is 14.4 Å². The Morgan fingerprint density at radius 3 is 2.04 bits per heavy atom. The van der Waals surface area contributed by atoms with Crippen LogP contribution in [0.15, 0.2) is 24.3 Å². The average molecular weight is 352 g/mol. The first-order valence-electron chi connectivity index (χ1n) is 8.05. The molecule has 25 heavy (non-hydrogen) atoms. The zero-order chi connectivity index (χ0) is 18.9. The fourth-order valence-corrected chi connectivity index (χ4v) is 1.88. The number of hydrogen-bond acceptors (Lipinski definition) is 7. The van der Waals surface area contributed by atoms with Crippen molar-refractivity contribution in [2.75, 3.05) is 19.8 Å². The van der Waals surface area contributed by atoms with Crippen LogP contribution in [-0.2, 0) is 19.1 Å². The molecule has 0 unspecified atom stereocenters. The summed E-state index contributed by atoms with van der Waals surface area (Å²) in [7, 11) is 0. The Labute approximate surface area is 146 Å². The van der Waals surface area contributed by atoms with Gasteiger partial charge >= 0.3 is 11.9 Å². The summed E-state index contributed by atoms with van der Waals surface area (Å²) in [4.78, 5) is 34.4. The predicted octanol–water partition coefficient (Wildman–Crippen LogP) is 1.91. The molecule has 1 rings (SSSR count). The van der Waals surface area contributed by atoms with Gasteiger partial charge in [-0.05, 0) is 45.0 Å². The largest absolute Gasteiger partial charge is 0.490 e. The van der Waals surface area contributed by atoms with E-state index in [-0.39, 0.29) is 38.4 Å². The summed E-state index contributed by atoms with van der Waals surface area (Å²) < 4.78 is 15.1. The summed E-state index contributed by atoms with van der Waals surface area (Å²) in [5, 5.41) is 9.68. The van der Waals surface area contributed by atoms with Crippen LogP contribution in [0.25, 0.3) is 0 Å². The third kappa shape index (κ3) is 7.80. The molecule has 1 aromatic rings. The molecule has 0 aliphatic carbocycles. The molecule has 0 aliphatic rings. The number of benzene rings is 1. The van der Waals surface area contributed by atoms with Crippen molar-refractivity contribution in [3.8, 4) is 5.75 Å². The number of carbonyl (C=O) groups is 3. The molecule has 1 N–H and O–H groups in total. The minimum Gasteiger partial charge on any atom is -0.490 e. The van der Waals surface area contributed by atoms with Gasteiger partial charge in [-0.1, -0.05) is 0 Å². The molecule has 0 bridgehead atoms. The molecule has 7 nitrogen and oxygen atoms in total. The Balaban J connectivity index is 2.29. The molecule has 138 valence electrons. The van der Waals surface area contributed by atoms with E-state index in [9.17, 15) is 19.5 Å². The van der Waals surface area contributed by atoms with E-state index >= 15 is 0 Å². The van der Waals surface area contributed by atoms with Crippen LogP contribution >= 0.6 is 0 Å². The summed E-state index contributed by atoms with van der Waals surface area (Å²) in [6.07, 6.45) is -0.0448. The number of ether oxygens (including phenoxy) is 3. The predicted molar refractivity (Wildman–Crippen MR) is 89.4 cm³/mol. The zero-order valence-electron chi connectivity index (χ0n) is 14.7. The van der Waals surface area contributed by atoms with Gasteiger partial charge in [-0.2, -0.15) is 0 Å². The average Bonchev–Trinajstić information content (AvgIpc) is 2.56. The van der Waals surface area contributed by atoms with Gasteiger partial charge in [0.1, 0.15) is 24.6 Å². The molecule has 0 radical (unpaired) electrons. The van der Waals surface area contributed by atoms with Gasteiger partial charge in [0.05, 0.1) is 19.4 Å². The van der Waals surface area contributed by atoms with Gasteiger partial charge < -0.3 is 19.3 Å². The number of esters is 2. The van der Waals surface area contributed by atoms with E-state index < -0.39 is 17.5 Å². The third-order valence-corrected chi connectivity index (χ3v) is 3.13. The van der Waals surface area contributed by atoms with E-state index in [0.717, 1.165) is 0 Å². The Morgan fingerprint density at radius 2 is 1.52 bits per heavy atom. The van der Waals surface area contributed by atoms with E-state index in [1.165, 1.54) is 13.8 Å². The van der Waals surface area contributed by atoms with Gasteiger partial charge in [-0.25, -0.2) is 0 Å². The molecule has 7 heteroatoms. The van der Waals surface area contributed by atoms with E-state index in [1.807, 2.05) is 0 Å². The molecular formula is C18H24O7. The van der Waals surface area contributed by atoms with Crippen molar-refractivity contribution in [1.29, 1.82) is 0 Å². The number of Topliss-reactive ketones (excluding diaryl/α,β-unsaturated/α-hetero) is 1. The van der Waals surface area contributed by atoms with Gasteiger partial charge in [0, 0.05) is 5.56 Å². The number of ketones is 1. The molecule has 0 heterocycles. The second kappa shape index (κ2) is 9.78. The smallest absolute Gasteiger partial charge is 0.306 e. The summed E-state index contributed by atoms with van der Waals surface area (Å²) in [6.45, 7) is 5.02. The van der Waals surface area contributed by atoms with E-state index in [2.05, 4.69) is 0 Å². The second-order valence-corrected chi connectivity index (χ2v) is 5.79. The van der Waals surface area contributed by atoms with Crippen LogP contribution in [-0.4, -0.2) is 48.3 Å². The van der Waals surface area contributed by atoms with Crippen LogP contribution in [0, 0.1) is 0 Å². The van der Waals surface area contributed by atoms with Gasteiger partial charge in [0.2, 0.25) is 0 Å². The normalized spacial score (nSPS) is 10.9. The number of aliphatic hydroxyl groups is 1. The van der Waals surface area contributed by atoms with Crippen molar-refractivity contribution in [3.05, 3.63) is 29.8 Å². The maximum atomic E-state index is 11.9. The molecule has 0 fully saturated rings. The van der Waals surface area contributed by atoms with Crippen LogP contribution in [0.1, 0.15) is 44.0 Å². The lowest BCUT2D eigenvalue weighted by Crippen LogP contribution is -2.30. The van der Waals surface area contributed by atoms with Crippen LogP contribution in [0.4, 0.5) is 0 Å². The number of rotatable bonds is 10. The van der Waals surface area contributed by atoms with Crippen molar-refractivity contribution < 1.29 is 33.7 Å². The van der Waals surface area contributed by atoms with Crippen LogP contribution in [0.2, 0.25) is 0 Å². The summed E-state index contributed by atoms with van der Waals surface area (Å²) in [6, 6.07) is 6.31. The lowest BCUT2D eigenvalue weighted by molar-refractivity contribution is -0.150. The second-order valence-electron chi connectivity index (χ2n) is 5.79. The first-order chi connectivity index (χ1) is 11.7. The van der Waals surface area contributed by atoms with Crippen molar-refractivity contribution in [2.45, 2.75) is 39.2 Å².